The lowest BCUT2D eigenvalue weighted by Gasteiger charge is -2.15. The van der Waals surface area contributed by atoms with E-state index in [0.717, 1.165) is 12.8 Å². The van der Waals surface area contributed by atoms with Crippen molar-refractivity contribution in [3.05, 3.63) is 27.7 Å². The molecule has 1 atom stereocenters. The number of anilines is 1. The second-order valence-electron chi connectivity index (χ2n) is 4.41. The van der Waals surface area contributed by atoms with Crippen LogP contribution in [0.2, 0.25) is 10.0 Å². The lowest BCUT2D eigenvalue weighted by atomic mass is 10.2. The molecule has 1 aromatic carbocycles. The molecule has 0 fully saturated rings. The van der Waals surface area contributed by atoms with Crippen LogP contribution < -0.4 is 10.6 Å². The van der Waals surface area contributed by atoms with Crippen molar-refractivity contribution < 1.29 is 14.7 Å². The summed E-state index contributed by atoms with van der Waals surface area (Å²) in [6, 6.07) is 2.07. The van der Waals surface area contributed by atoms with Gasteiger partial charge in [-0.15, -0.1) is 0 Å². The highest BCUT2D eigenvalue weighted by Gasteiger charge is 2.15. The molecule has 5 nitrogen and oxygen atoms in total. The SMILES string of the molecule is CCCC(C)NC(=O)Nc1c(Cl)cc(C(=O)O)cc1Cl. The molecule has 1 aromatic rings. The van der Waals surface area contributed by atoms with Gasteiger partial charge in [0.15, 0.2) is 0 Å². The molecule has 110 valence electrons. The number of nitrogens with one attached hydrogen (secondary N) is 2. The number of aromatic carboxylic acids is 1. The number of carboxylic acids is 1. The van der Waals surface area contributed by atoms with Gasteiger partial charge in [0.25, 0.3) is 0 Å². The first kappa shape index (κ1) is 16.6. The monoisotopic (exact) mass is 318 g/mol. The van der Waals surface area contributed by atoms with Gasteiger partial charge in [0.2, 0.25) is 0 Å². The summed E-state index contributed by atoms with van der Waals surface area (Å²) in [6.45, 7) is 3.91. The highest BCUT2D eigenvalue weighted by Crippen LogP contribution is 2.31. The molecule has 0 aliphatic heterocycles. The van der Waals surface area contributed by atoms with Crippen molar-refractivity contribution in [2.75, 3.05) is 5.32 Å². The van der Waals surface area contributed by atoms with Crippen LogP contribution in [0.25, 0.3) is 0 Å². The second kappa shape index (κ2) is 7.36. The van der Waals surface area contributed by atoms with Crippen LogP contribution in [0.1, 0.15) is 37.0 Å². The summed E-state index contributed by atoms with van der Waals surface area (Å²) < 4.78 is 0. The molecule has 0 bridgehead atoms. The van der Waals surface area contributed by atoms with Crippen LogP contribution in [0.4, 0.5) is 10.5 Å². The van der Waals surface area contributed by atoms with Gasteiger partial charge in [-0.2, -0.15) is 0 Å². The topological polar surface area (TPSA) is 78.4 Å². The molecule has 3 N–H and O–H groups in total. The number of halogens is 2. The summed E-state index contributed by atoms with van der Waals surface area (Å²) in [4.78, 5) is 22.6. The van der Waals surface area contributed by atoms with Gasteiger partial charge in [-0.1, -0.05) is 36.5 Å². The third-order valence-electron chi connectivity index (χ3n) is 2.63. The van der Waals surface area contributed by atoms with E-state index in [4.69, 9.17) is 28.3 Å². The van der Waals surface area contributed by atoms with Gasteiger partial charge in [0.1, 0.15) is 0 Å². The molecule has 20 heavy (non-hydrogen) atoms. The molecule has 1 unspecified atom stereocenters. The van der Waals surface area contributed by atoms with Crippen LogP contribution in [-0.2, 0) is 0 Å². The van der Waals surface area contributed by atoms with E-state index in [2.05, 4.69) is 10.6 Å². The lowest BCUT2D eigenvalue weighted by Crippen LogP contribution is -2.36. The van der Waals surface area contributed by atoms with E-state index in [0.29, 0.717) is 0 Å². The van der Waals surface area contributed by atoms with Gasteiger partial charge >= 0.3 is 12.0 Å². The maximum atomic E-state index is 11.8. The largest absolute Gasteiger partial charge is 0.478 e. The molecule has 0 aromatic heterocycles. The zero-order valence-electron chi connectivity index (χ0n) is 11.2. The Morgan fingerprint density at radius 3 is 2.30 bits per heavy atom. The van der Waals surface area contributed by atoms with Crippen LogP contribution in [0.5, 0.6) is 0 Å². The predicted octanol–water partition coefficient (Wildman–Crippen LogP) is 4.00. The van der Waals surface area contributed by atoms with E-state index in [-0.39, 0.29) is 27.3 Å². The molecule has 0 heterocycles. The number of carboxylic acid groups (broad SMARTS) is 1. The number of urea groups is 1. The number of carbonyl (C=O) groups is 2. The average Bonchev–Trinajstić information content (AvgIpc) is 2.33. The smallest absolute Gasteiger partial charge is 0.335 e. The van der Waals surface area contributed by atoms with E-state index in [9.17, 15) is 9.59 Å². The molecule has 0 aliphatic rings. The number of carbonyl (C=O) groups excluding carboxylic acids is 1. The molecule has 0 spiro atoms. The third-order valence-corrected chi connectivity index (χ3v) is 3.22. The number of rotatable bonds is 5. The van der Waals surface area contributed by atoms with E-state index in [1.165, 1.54) is 12.1 Å². The summed E-state index contributed by atoms with van der Waals surface area (Å²) in [7, 11) is 0. The molecule has 7 heteroatoms. The van der Waals surface area contributed by atoms with Crippen molar-refractivity contribution in [1.29, 1.82) is 0 Å². The number of amides is 2. The zero-order valence-corrected chi connectivity index (χ0v) is 12.7. The molecular weight excluding hydrogens is 303 g/mol. The van der Waals surface area contributed by atoms with Crippen LogP contribution in [0.3, 0.4) is 0 Å². The van der Waals surface area contributed by atoms with Crippen LogP contribution in [0.15, 0.2) is 12.1 Å². The fourth-order valence-electron chi connectivity index (χ4n) is 1.69. The summed E-state index contributed by atoms with van der Waals surface area (Å²) >= 11 is 11.9. The Morgan fingerprint density at radius 2 is 1.85 bits per heavy atom. The van der Waals surface area contributed by atoms with E-state index >= 15 is 0 Å². The normalized spacial score (nSPS) is 11.8. The maximum absolute atomic E-state index is 11.8. The first-order chi connectivity index (χ1) is 9.35. The molecule has 0 saturated carbocycles. The second-order valence-corrected chi connectivity index (χ2v) is 5.22. The summed E-state index contributed by atoms with van der Waals surface area (Å²) in [5.74, 6) is -1.14. The van der Waals surface area contributed by atoms with Crippen molar-refractivity contribution in [1.82, 2.24) is 5.32 Å². The van der Waals surface area contributed by atoms with Crippen molar-refractivity contribution in [3.8, 4) is 0 Å². The zero-order chi connectivity index (χ0) is 15.3. The van der Waals surface area contributed by atoms with Gasteiger partial charge in [-0.05, 0) is 25.5 Å². The van der Waals surface area contributed by atoms with Gasteiger partial charge in [-0.25, -0.2) is 9.59 Å². The molecule has 0 saturated heterocycles. The first-order valence-corrected chi connectivity index (χ1v) is 6.90. The minimum Gasteiger partial charge on any atom is -0.478 e. The third kappa shape index (κ3) is 4.58. The van der Waals surface area contributed by atoms with E-state index < -0.39 is 12.0 Å². The minimum absolute atomic E-state index is 0.0239. The molecule has 1 rings (SSSR count). The Bertz CT molecular complexity index is 497. The summed E-state index contributed by atoms with van der Waals surface area (Å²) in [5.41, 5.74) is 0.157. The standard InChI is InChI=1S/C13H16Cl2N2O3/c1-3-4-7(2)16-13(20)17-11-9(14)5-8(12(18)19)6-10(11)15/h5-7H,3-4H2,1-2H3,(H,18,19)(H2,16,17,20). The maximum Gasteiger partial charge on any atom is 0.335 e. The first-order valence-electron chi connectivity index (χ1n) is 6.15. The van der Waals surface area contributed by atoms with Crippen LogP contribution >= 0.6 is 23.2 Å². The van der Waals surface area contributed by atoms with Gasteiger partial charge < -0.3 is 15.7 Å². The van der Waals surface area contributed by atoms with Crippen LogP contribution in [0, 0.1) is 0 Å². The van der Waals surface area contributed by atoms with E-state index in [1.807, 2.05) is 13.8 Å². The lowest BCUT2D eigenvalue weighted by molar-refractivity contribution is 0.0697. The van der Waals surface area contributed by atoms with Crippen molar-refractivity contribution in [2.45, 2.75) is 32.7 Å². The van der Waals surface area contributed by atoms with Gasteiger partial charge in [-0.3, -0.25) is 0 Å². The Kier molecular flexibility index (Phi) is 6.10. The summed E-state index contributed by atoms with van der Waals surface area (Å²) in [6.07, 6.45) is 1.81. The van der Waals surface area contributed by atoms with Gasteiger partial charge in [0, 0.05) is 6.04 Å². The molecule has 2 amide bonds. The van der Waals surface area contributed by atoms with Gasteiger partial charge in [0.05, 0.1) is 21.3 Å². The number of benzene rings is 1. The van der Waals surface area contributed by atoms with Crippen LogP contribution in [-0.4, -0.2) is 23.1 Å². The fraction of sp³-hybridized carbons (Fsp3) is 0.385. The Hall–Kier alpha value is -1.46. The molecule has 0 radical (unpaired) electrons. The molecular formula is C13H16Cl2N2O3. The average molecular weight is 319 g/mol. The van der Waals surface area contributed by atoms with E-state index in [1.54, 1.807) is 0 Å². The molecule has 0 aliphatic carbocycles. The Morgan fingerprint density at radius 1 is 1.30 bits per heavy atom. The highest BCUT2D eigenvalue weighted by atomic mass is 35.5. The van der Waals surface area contributed by atoms with Crippen molar-refractivity contribution >= 4 is 40.9 Å². The quantitative estimate of drug-likeness (QED) is 0.767. The Balaban J connectivity index is 2.82. The predicted molar refractivity (Wildman–Crippen MR) is 79.9 cm³/mol. The summed E-state index contributed by atoms with van der Waals surface area (Å²) in [5, 5.41) is 14.3. The number of hydrogen-bond acceptors (Lipinski definition) is 2. The minimum atomic E-state index is -1.14. The fourth-order valence-corrected chi connectivity index (χ4v) is 2.28. The van der Waals surface area contributed by atoms with Crippen molar-refractivity contribution in [3.63, 3.8) is 0 Å². The van der Waals surface area contributed by atoms with Crippen molar-refractivity contribution in [2.24, 2.45) is 0 Å². The highest BCUT2D eigenvalue weighted by molar-refractivity contribution is 6.40. The Labute approximate surface area is 127 Å². The number of hydrogen-bond donors (Lipinski definition) is 3.